The molecule has 138 valence electrons. The van der Waals surface area contributed by atoms with E-state index in [0.717, 1.165) is 15.2 Å². The van der Waals surface area contributed by atoms with Gasteiger partial charge in [0.2, 0.25) is 5.91 Å². The maximum atomic E-state index is 12.3. The molecule has 27 heavy (non-hydrogen) atoms. The Labute approximate surface area is 170 Å². The zero-order valence-corrected chi connectivity index (χ0v) is 17.0. The van der Waals surface area contributed by atoms with E-state index in [1.807, 2.05) is 60.7 Å². The molecule has 0 aliphatic rings. The van der Waals surface area contributed by atoms with Crippen LogP contribution in [0.4, 0.5) is 17.1 Å². The number of halogens is 1. The van der Waals surface area contributed by atoms with Gasteiger partial charge in [0.15, 0.2) is 0 Å². The fourth-order valence-corrected chi connectivity index (χ4v) is 3.81. The summed E-state index contributed by atoms with van der Waals surface area (Å²) in [6.45, 7) is -0.0155. The fourth-order valence-electron chi connectivity index (χ4n) is 2.43. The van der Waals surface area contributed by atoms with Gasteiger partial charge in [-0.15, -0.1) is 11.3 Å². The van der Waals surface area contributed by atoms with Gasteiger partial charge >= 0.3 is 0 Å². The molecule has 0 saturated heterocycles. The second-order valence-electron chi connectivity index (χ2n) is 5.88. The van der Waals surface area contributed by atoms with Crippen molar-refractivity contribution in [1.82, 2.24) is 4.90 Å². The van der Waals surface area contributed by atoms with Gasteiger partial charge in [-0.25, -0.2) is 0 Å². The summed E-state index contributed by atoms with van der Waals surface area (Å²) in [4.78, 5) is 26.5. The number of para-hydroxylation sites is 1. The van der Waals surface area contributed by atoms with Crippen LogP contribution in [-0.2, 0) is 4.79 Å². The summed E-state index contributed by atoms with van der Waals surface area (Å²) in [7, 11) is 1.61. The Hall–Kier alpha value is -2.64. The van der Waals surface area contributed by atoms with Crippen molar-refractivity contribution in [3.05, 3.63) is 75.4 Å². The lowest BCUT2D eigenvalue weighted by molar-refractivity contribution is -0.116. The summed E-state index contributed by atoms with van der Waals surface area (Å²) in [6, 6.07) is 20.8. The van der Waals surface area contributed by atoms with Crippen molar-refractivity contribution < 1.29 is 9.59 Å². The molecular weight excluding hydrogens is 426 g/mol. The molecule has 0 atom stereocenters. The van der Waals surface area contributed by atoms with Crippen LogP contribution in [0, 0.1) is 0 Å². The topological polar surface area (TPSA) is 61.4 Å². The Balaban J connectivity index is 1.53. The van der Waals surface area contributed by atoms with E-state index in [0.29, 0.717) is 10.6 Å². The van der Waals surface area contributed by atoms with Crippen molar-refractivity contribution in [1.29, 1.82) is 0 Å². The summed E-state index contributed by atoms with van der Waals surface area (Å²) >= 11 is 4.68. The third kappa shape index (κ3) is 5.42. The molecule has 2 amide bonds. The number of hydrogen-bond acceptors (Lipinski definition) is 4. The number of benzene rings is 2. The van der Waals surface area contributed by atoms with Crippen LogP contribution in [0.15, 0.2) is 70.5 Å². The molecule has 5 nitrogen and oxygen atoms in total. The van der Waals surface area contributed by atoms with E-state index in [1.54, 1.807) is 13.1 Å². The lowest BCUT2D eigenvalue weighted by Crippen LogP contribution is -2.34. The van der Waals surface area contributed by atoms with Crippen LogP contribution in [0.2, 0.25) is 0 Å². The predicted octanol–water partition coefficient (Wildman–Crippen LogP) is 4.96. The quantitative estimate of drug-likeness (QED) is 0.565. The highest BCUT2D eigenvalue weighted by molar-refractivity contribution is 9.11. The van der Waals surface area contributed by atoms with Crippen molar-refractivity contribution in [2.45, 2.75) is 0 Å². The van der Waals surface area contributed by atoms with E-state index in [9.17, 15) is 9.59 Å². The minimum absolute atomic E-state index is 0.0155. The molecule has 0 fully saturated rings. The Bertz CT molecular complexity index is 926. The van der Waals surface area contributed by atoms with Crippen molar-refractivity contribution in [2.24, 2.45) is 0 Å². The van der Waals surface area contributed by atoms with Crippen LogP contribution in [-0.4, -0.2) is 30.3 Å². The molecule has 3 aromatic rings. The summed E-state index contributed by atoms with van der Waals surface area (Å²) in [5, 5.41) is 6.09. The van der Waals surface area contributed by atoms with E-state index in [1.165, 1.54) is 16.2 Å². The number of carbonyl (C=O) groups excluding carboxylic acids is 2. The summed E-state index contributed by atoms with van der Waals surface area (Å²) in [5.74, 6) is -0.423. The highest BCUT2D eigenvalue weighted by atomic mass is 79.9. The second kappa shape index (κ2) is 8.83. The smallest absolute Gasteiger partial charge is 0.264 e. The monoisotopic (exact) mass is 443 g/mol. The van der Waals surface area contributed by atoms with Gasteiger partial charge in [0.05, 0.1) is 15.2 Å². The molecule has 1 heterocycles. The molecule has 0 aliphatic heterocycles. The zero-order chi connectivity index (χ0) is 19.2. The van der Waals surface area contributed by atoms with Crippen molar-refractivity contribution in [2.75, 3.05) is 24.2 Å². The van der Waals surface area contributed by atoms with Gasteiger partial charge in [0.1, 0.15) is 0 Å². The molecule has 0 unspecified atom stereocenters. The van der Waals surface area contributed by atoms with Crippen LogP contribution >= 0.6 is 27.3 Å². The second-order valence-corrected chi connectivity index (χ2v) is 8.34. The highest BCUT2D eigenvalue weighted by Crippen LogP contribution is 2.23. The van der Waals surface area contributed by atoms with Crippen LogP contribution in [0.1, 0.15) is 9.67 Å². The first-order chi connectivity index (χ1) is 13.0. The fraction of sp³-hybridized carbons (Fsp3) is 0.100. The molecule has 3 rings (SSSR count). The van der Waals surface area contributed by atoms with Crippen LogP contribution in [0.25, 0.3) is 0 Å². The van der Waals surface area contributed by atoms with Gasteiger partial charge in [-0.05, 0) is 64.5 Å². The number of likely N-dealkylation sites (N-methyl/N-ethyl adjacent to an activating group) is 1. The molecule has 0 spiro atoms. The van der Waals surface area contributed by atoms with Crippen molar-refractivity contribution in [3.8, 4) is 0 Å². The zero-order valence-electron chi connectivity index (χ0n) is 14.6. The number of anilines is 3. The summed E-state index contributed by atoms with van der Waals surface area (Å²) in [5.41, 5.74) is 2.60. The maximum absolute atomic E-state index is 12.3. The lowest BCUT2D eigenvalue weighted by Gasteiger charge is -2.16. The summed E-state index contributed by atoms with van der Waals surface area (Å²) < 4.78 is 0.882. The number of rotatable bonds is 6. The number of hydrogen-bond donors (Lipinski definition) is 2. The molecule has 2 N–H and O–H groups in total. The van der Waals surface area contributed by atoms with E-state index in [-0.39, 0.29) is 18.4 Å². The third-order valence-corrected chi connectivity index (χ3v) is 5.35. The van der Waals surface area contributed by atoms with Gasteiger partial charge in [-0.2, -0.15) is 0 Å². The first-order valence-corrected chi connectivity index (χ1v) is 9.85. The minimum Gasteiger partial charge on any atom is -0.356 e. The maximum Gasteiger partial charge on any atom is 0.264 e. The third-order valence-electron chi connectivity index (χ3n) is 3.74. The van der Waals surface area contributed by atoms with Gasteiger partial charge in [0, 0.05) is 24.1 Å². The van der Waals surface area contributed by atoms with Crippen molar-refractivity contribution >= 4 is 56.1 Å². The first kappa shape index (κ1) is 19.1. The van der Waals surface area contributed by atoms with E-state index < -0.39 is 0 Å². The van der Waals surface area contributed by atoms with Gasteiger partial charge in [0.25, 0.3) is 5.91 Å². The van der Waals surface area contributed by atoms with E-state index in [2.05, 4.69) is 26.6 Å². The molecule has 7 heteroatoms. The van der Waals surface area contributed by atoms with Crippen LogP contribution in [0.5, 0.6) is 0 Å². The van der Waals surface area contributed by atoms with Gasteiger partial charge < -0.3 is 15.5 Å². The number of nitrogens with one attached hydrogen (secondary N) is 2. The highest BCUT2D eigenvalue weighted by Gasteiger charge is 2.16. The normalized spacial score (nSPS) is 10.3. The minimum atomic E-state index is -0.245. The standard InChI is InChI=1S/C20H18BrN3O2S/c1-24(20(26)17-11-12-18(21)27-17)13-19(25)23-16-9-7-15(8-10-16)22-14-5-3-2-4-6-14/h2-12,22H,13H2,1H3,(H,23,25). The molecule has 0 aliphatic carbocycles. The Morgan fingerprint density at radius 3 is 2.19 bits per heavy atom. The van der Waals surface area contributed by atoms with Crippen molar-refractivity contribution in [3.63, 3.8) is 0 Å². The molecule has 2 aromatic carbocycles. The number of thiophene rings is 1. The molecule has 0 radical (unpaired) electrons. The number of carbonyl (C=O) groups is 2. The number of nitrogens with zero attached hydrogens (tertiary/aromatic N) is 1. The van der Waals surface area contributed by atoms with E-state index >= 15 is 0 Å². The first-order valence-electron chi connectivity index (χ1n) is 8.24. The average Bonchev–Trinajstić information content (AvgIpc) is 3.10. The Morgan fingerprint density at radius 1 is 0.926 bits per heavy atom. The van der Waals surface area contributed by atoms with E-state index in [4.69, 9.17) is 0 Å². The molecule has 0 bridgehead atoms. The number of amides is 2. The largest absolute Gasteiger partial charge is 0.356 e. The van der Waals surface area contributed by atoms with Gasteiger partial charge in [-0.3, -0.25) is 9.59 Å². The Kier molecular flexibility index (Phi) is 6.26. The average molecular weight is 444 g/mol. The van der Waals surface area contributed by atoms with Crippen LogP contribution in [0.3, 0.4) is 0 Å². The SMILES string of the molecule is CN(CC(=O)Nc1ccc(Nc2ccccc2)cc1)C(=O)c1ccc(Br)s1. The van der Waals surface area contributed by atoms with Crippen LogP contribution < -0.4 is 10.6 Å². The molecule has 0 saturated carbocycles. The molecular formula is C20H18BrN3O2S. The Morgan fingerprint density at radius 2 is 1.56 bits per heavy atom. The lowest BCUT2D eigenvalue weighted by atomic mass is 10.2. The molecule has 1 aromatic heterocycles. The summed E-state index contributed by atoms with van der Waals surface area (Å²) in [6.07, 6.45) is 0. The van der Waals surface area contributed by atoms with Gasteiger partial charge in [-0.1, -0.05) is 18.2 Å². The predicted molar refractivity (Wildman–Crippen MR) is 114 cm³/mol.